The molecule has 0 amide bonds. The van der Waals surface area contributed by atoms with Crippen LogP contribution >= 0.6 is 11.6 Å². The highest BCUT2D eigenvalue weighted by Crippen LogP contribution is 2.26. The first-order valence-corrected chi connectivity index (χ1v) is 7.41. The summed E-state index contributed by atoms with van der Waals surface area (Å²) < 4.78 is 5.22. The summed E-state index contributed by atoms with van der Waals surface area (Å²) in [6.45, 7) is 0. The SMILES string of the molecule is Clc1ccc2c(c1)CC(Nc1ncc(-c3ncco3)cn1)C2. The minimum Gasteiger partial charge on any atom is -0.444 e. The van der Waals surface area contributed by atoms with Crippen molar-refractivity contribution in [2.24, 2.45) is 0 Å². The van der Waals surface area contributed by atoms with Gasteiger partial charge < -0.3 is 9.73 Å². The highest BCUT2D eigenvalue weighted by molar-refractivity contribution is 6.30. The van der Waals surface area contributed by atoms with Gasteiger partial charge in [-0.2, -0.15) is 0 Å². The molecule has 5 nitrogen and oxygen atoms in total. The van der Waals surface area contributed by atoms with Crippen LogP contribution in [0.4, 0.5) is 5.95 Å². The monoisotopic (exact) mass is 312 g/mol. The Balaban J connectivity index is 1.46. The highest BCUT2D eigenvalue weighted by atomic mass is 35.5. The number of halogens is 1. The molecule has 1 N–H and O–H groups in total. The molecule has 0 fully saturated rings. The van der Waals surface area contributed by atoms with Crippen molar-refractivity contribution in [2.75, 3.05) is 5.32 Å². The molecule has 1 atom stereocenters. The van der Waals surface area contributed by atoms with Gasteiger partial charge in [0.1, 0.15) is 6.26 Å². The molecule has 0 spiro atoms. The molecule has 22 heavy (non-hydrogen) atoms. The maximum atomic E-state index is 6.04. The van der Waals surface area contributed by atoms with Gasteiger partial charge in [-0.3, -0.25) is 0 Å². The van der Waals surface area contributed by atoms with Gasteiger partial charge in [0, 0.05) is 23.5 Å². The second-order valence-electron chi connectivity index (χ2n) is 5.30. The van der Waals surface area contributed by atoms with Crippen LogP contribution in [0.25, 0.3) is 11.5 Å². The summed E-state index contributed by atoms with van der Waals surface area (Å²) in [5.41, 5.74) is 3.39. The van der Waals surface area contributed by atoms with Crippen LogP contribution in [-0.4, -0.2) is 21.0 Å². The van der Waals surface area contributed by atoms with Crippen molar-refractivity contribution < 1.29 is 4.42 Å². The Morgan fingerprint density at radius 2 is 1.91 bits per heavy atom. The second-order valence-corrected chi connectivity index (χ2v) is 5.73. The van der Waals surface area contributed by atoms with E-state index in [0.29, 0.717) is 17.9 Å². The predicted molar refractivity (Wildman–Crippen MR) is 83.8 cm³/mol. The maximum absolute atomic E-state index is 6.04. The van der Waals surface area contributed by atoms with Crippen LogP contribution in [0.5, 0.6) is 0 Å². The van der Waals surface area contributed by atoms with E-state index < -0.39 is 0 Å². The van der Waals surface area contributed by atoms with Crippen molar-refractivity contribution in [3.05, 3.63) is 59.2 Å². The third-order valence-electron chi connectivity index (χ3n) is 3.77. The van der Waals surface area contributed by atoms with Crippen LogP contribution < -0.4 is 5.32 Å². The first-order chi connectivity index (χ1) is 10.8. The fraction of sp³-hybridized carbons (Fsp3) is 0.188. The van der Waals surface area contributed by atoms with Crippen molar-refractivity contribution in [3.63, 3.8) is 0 Å². The van der Waals surface area contributed by atoms with E-state index in [9.17, 15) is 0 Å². The smallest absolute Gasteiger partial charge is 0.229 e. The molecule has 1 aliphatic carbocycles. The summed E-state index contributed by atoms with van der Waals surface area (Å²) in [4.78, 5) is 12.7. The number of nitrogens with zero attached hydrogens (tertiary/aromatic N) is 3. The lowest BCUT2D eigenvalue weighted by Gasteiger charge is -2.11. The first-order valence-electron chi connectivity index (χ1n) is 7.04. The highest BCUT2D eigenvalue weighted by Gasteiger charge is 2.22. The maximum Gasteiger partial charge on any atom is 0.229 e. The molecule has 110 valence electrons. The van der Waals surface area contributed by atoms with E-state index in [4.69, 9.17) is 16.0 Å². The molecule has 0 aliphatic heterocycles. The van der Waals surface area contributed by atoms with E-state index in [1.807, 2.05) is 12.1 Å². The van der Waals surface area contributed by atoms with Gasteiger partial charge in [-0.1, -0.05) is 17.7 Å². The quantitative estimate of drug-likeness (QED) is 0.803. The number of anilines is 1. The molecule has 2 aromatic heterocycles. The minimum absolute atomic E-state index is 0.293. The average Bonchev–Trinajstić information content (AvgIpc) is 3.16. The molecule has 0 bridgehead atoms. The van der Waals surface area contributed by atoms with E-state index in [1.165, 1.54) is 17.4 Å². The normalized spacial score (nSPS) is 16.5. The molecule has 0 saturated carbocycles. The van der Waals surface area contributed by atoms with Gasteiger partial charge in [0.2, 0.25) is 11.8 Å². The van der Waals surface area contributed by atoms with Gasteiger partial charge in [0.15, 0.2) is 0 Å². The number of nitrogens with one attached hydrogen (secondary N) is 1. The predicted octanol–water partition coefficient (Wildman–Crippen LogP) is 3.36. The lowest BCUT2D eigenvalue weighted by molar-refractivity contribution is 0.574. The van der Waals surface area contributed by atoms with E-state index in [1.54, 1.807) is 18.6 Å². The Morgan fingerprint density at radius 1 is 1.09 bits per heavy atom. The van der Waals surface area contributed by atoms with Gasteiger partial charge in [-0.05, 0) is 36.1 Å². The topological polar surface area (TPSA) is 63.8 Å². The van der Waals surface area contributed by atoms with Gasteiger partial charge in [0.25, 0.3) is 0 Å². The molecule has 1 aromatic carbocycles. The summed E-state index contributed by atoms with van der Waals surface area (Å²) in [5.74, 6) is 1.13. The van der Waals surface area contributed by atoms with Gasteiger partial charge in [-0.15, -0.1) is 0 Å². The molecule has 6 heteroatoms. The minimum atomic E-state index is 0.293. The van der Waals surface area contributed by atoms with Crippen LogP contribution in [0.15, 0.2) is 47.5 Å². The van der Waals surface area contributed by atoms with E-state index in [-0.39, 0.29) is 0 Å². The van der Waals surface area contributed by atoms with Crippen molar-refractivity contribution in [1.29, 1.82) is 0 Å². The zero-order valence-electron chi connectivity index (χ0n) is 11.7. The lowest BCUT2D eigenvalue weighted by Crippen LogP contribution is -2.20. The molecule has 0 saturated heterocycles. The van der Waals surface area contributed by atoms with Crippen molar-refractivity contribution >= 4 is 17.5 Å². The number of aromatic nitrogens is 3. The van der Waals surface area contributed by atoms with E-state index in [2.05, 4.69) is 26.3 Å². The van der Waals surface area contributed by atoms with Crippen molar-refractivity contribution in [3.8, 4) is 11.5 Å². The van der Waals surface area contributed by atoms with E-state index >= 15 is 0 Å². The van der Waals surface area contributed by atoms with Crippen LogP contribution in [0, 0.1) is 0 Å². The van der Waals surface area contributed by atoms with Crippen molar-refractivity contribution in [2.45, 2.75) is 18.9 Å². The molecular formula is C16H13ClN4O. The molecular weight excluding hydrogens is 300 g/mol. The van der Waals surface area contributed by atoms with Crippen LogP contribution in [0.3, 0.4) is 0 Å². The number of fused-ring (bicyclic) bond motifs is 1. The fourth-order valence-corrected chi connectivity index (χ4v) is 2.95. The van der Waals surface area contributed by atoms with Crippen LogP contribution in [0.1, 0.15) is 11.1 Å². The van der Waals surface area contributed by atoms with Crippen LogP contribution in [0.2, 0.25) is 5.02 Å². The van der Waals surface area contributed by atoms with Crippen LogP contribution in [-0.2, 0) is 12.8 Å². The Labute approximate surface area is 132 Å². The average molecular weight is 313 g/mol. The Kier molecular flexibility index (Phi) is 3.27. The van der Waals surface area contributed by atoms with Gasteiger partial charge in [-0.25, -0.2) is 15.0 Å². The molecule has 1 unspecified atom stereocenters. The second kappa shape index (κ2) is 5.42. The third-order valence-corrected chi connectivity index (χ3v) is 4.00. The number of rotatable bonds is 3. The molecule has 2 heterocycles. The lowest BCUT2D eigenvalue weighted by atomic mass is 10.1. The molecule has 4 rings (SSSR count). The summed E-state index contributed by atoms with van der Waals surface area (Å²) >= 11 is 6.04. The summed E-state index contributed by atoms with van der Waals surface area (Å²) in [6.07, 6.45) is 8.43. The van der Waals surface area contributed by atoms with Gasteiger partial charge in [0.05, 0.1) is 11.8 Å². The summed E-state index contributed by atoms with van der Waals surface area (Å²) in [5, 5.41) is 4.15. The third kappa shape index (κ3) is 2.55. The Bertz CT molecular complexity index is 786. The zero-order chi connectivity index (χ0) is 14.9. The first kappa shape index (κ1) is 13.3. The molecule has 0 radical (unpaired) electrons. The fourth-order valence-electron chi connectivity index (χ4n) is 2.75. The molecule has 1 aliphatic rings. The largest absolute Gasteiger partial charge is 0.444 e. The zero-order valence-corrected chi connectivity index (χ0v) is 12.4. The number of oxazole rings is 1. The van der Waals surface area contributed by atoms with Gasteiger partial charge >= 0.3 is 0 Å². The number of hydrogen-bond acceptors (Lipinski definition) is 5. The van der Waals surface area contributed by atoms with Crippen molar-refractivity contribution in [1.82, 2.24) is 15.0 Å². The molecule has 3 aromatic rings. The van der Waals surface area contributed by atoms with E-state index in [0.717, 1.165) is 23.4 Å². The Morgan fingerprint density at radius 3 is 2.68 bits per heavy atom. The standard InChI is InChI=1S/C16H13ClN4O/c17-13-2-1-10-6-14(7-11(10)5-13)21-16-19-8-12(9-20-16)15-18-3-4-22-15/h1-5,8-9,14H,6-7H2,(H,19,20,21). The number of hydrogen-bond donors (Lipinski definition) is 1. The number of benzene rings is 1. The summed E-state index contributed by atoms with van der Waals surface area (Å²) in [6, 6.07) is 6.35. The Hall–Kier alpha value is -2.40. The summed E-state index contributed by atoms with van der Waals surface area (Å²) in [7, 11) is 0.